The molecular formula is C22H23N3O2. The summed E-state index contributed by atoms with van der Waals surface area (Å²) >= 11 is 0. The van der Waals surface area contributed by atoms with Crippen LogP contribution in [0.4, 0.5) is 17.1 Å². The smallest absolute Gasteiger partial charge is 0.257 e. The normalized spacial score (nSPS) is 10.4. The monoisotopic (exact) mass is 361 g/mol. The molecule has 0 atom stereocenters. The van der Waals surface area contributed by atoms with Crippen LogP contribution in [0.15, 0.2) is 54.9 Å². The first-order valence-electron chi connectivity index (χ1n) is 8.71. The molecule has 0 aliphatic carbocycles. The average Bonchev–Trinajstić information content (AvgIpc) is 2.65. The van der Waals surface area contributed by atoms with Crippen LogP contribution in [0.3, 0.4) is 0 Å². The summed E-state index contributed by atoms with van der Waals surface area (Å²) in [5.74, 6) is 0.569. The average molecular weight is 361 g/mol. The molecule has 3 rings (SSSR count). The predicted molar refractivity (Wildman–Crippen MR) is 109 cm³/mol. The summed E-state index contributed by atoms with van der Waals surface area (Å²) in [7, 11) is 1.63. The lowest BCUT2D eigenvalue weighted by Crippen LogP contribution is -2.14. The number of hydrogen-bond donors (Lipinski definition) is 2. The first kappa shape index (κ1) is 18.5. The van der Waals surface area contributed by atoms with Crippen molar-refractivity contribution in [2.24, 2.45) is 0 Å². The maximum atomic E-state index is 12.7. The van der Waals surface area contributed by atoms with Gasteiger partial charge in [0.05, 0.1) is 24.6 Å². The fourth-order valence-electron chi connectivity index (χ4n) is 3.06. The van der Waals surface area contributed by atoms with Crippen LogP contribution in [0.2, 0.25) is 0 Å². The zero-order valence-corrected chi connectivity index (χ0v) is 16.0. The minimum Gasteiger partial charge on any atom is -0.497 e. The van der Waals surface area contributed by atoms with Crippen LogP contribution in [0.25, 0.3) is 0 Å². The molecule has 0 radical (unpaired) electrons. The van der Waals surface area contributed by atoms with E-state index in [1.54, 1.807) is 25.6 Å². The fourth-order valence-corrected chi connectivity index (χ4v) is 3.06. The standard InChI is InChI=1S/C22H23N3O2/c1-14-8-15(2)21(16(3)9-14)25-22(26)17-10-19(13-23-12-17)24-18-6-5-7-20(11-18)27-4/h5-13,24H,1-4H3,(H,25,26). The van der Waals surface area contributed by atoms with Gasteiger partial charge >= 0.3 is 0 Å². The Labute approximate surface area is 159 Å². The molecular weight excluding hydrogens is 338 g/mol. The molecule has 0 aliphatic rings. The maximum Gasteiger partial charge on any atom is 0.257 e. The Hall–Kier alpha value is -3.34. The second-order valence-corrected chi connectivity index (χ2v) is 6.55. The van der Waals surface area contributed by atoms with E-state index in [9.17, 15) is 4.79 Å². The highest BCUT2D eigenvalue weighted by Crippen LogP contribution is 2.24. The lowest BCUT2D eigenvalue weighted by Gasteiger charge is -2.13. The maximum absolute atomic E-state index is 12.7. The number of carbonyl (C=O) groups is 1. The van der Waals surface area contributed by atoms with Gasteiger partial charge in [-0.15, -0.1) is 0 Å². The predicted octanol–water partition coefficient (Wildman–Crippen LogP) is 5.01. The van der Waals surface area contributed by atoms with E-state index >= 15 is 0 Å². The number of pyridine rings is 1. The number of ether oxygens (including phenoxy) is 1. The van der Waals surface area contributed by atoms with E-state index in [-0.39, 0.29) is 5.91 Å². The summed E-state index contributed by atoms with van der Waals surface area (Å²) in [6, 6.07) is 13.5. The number of nitrogens with zero attached hydrogens (tertiary/aromatic N) is 1. The number of aromatic nitrogens is 1. The van der Waals surface area contributed by atoms with Gasteiger partial charge in [0.15, 0.2) is 0 Å². The third-order valence-corrected chi connectivity index (χ3v) is 4.27. The Morgan fingerprint density at radius 2 is 1.70 bits per heavy atom. The molecule has 138 valence electrons. The lowest BCUT2D eigenvalue weighted by atomic mass is 10.0. The van der Waals surface area contributed by atoms with Gasteiger partial charge in [0.2, 0.25) is 0 Å². The van der Waals surface area contributed by atoms with Crippen LogP contribution < -0.4 is 15.4 Å². The summed E-state index contributed by atoms with van der Waals surface area (Å²) in [4.78, 5) is 16.9. The molecule has 2 aromatic carbocycles. The van der Waals surface area contributed by atoms with E-state index in [0.29, 0.717) is 5.56 Å². The summed E-state index contributed by atoms with van der Waals surface area (Å²) in [6.45, 7) is 6.03. The van der Waals surface area contributed by atoms with Crippen LogP contribution in [0, 0.1) is 20.8 Å². The highest BCUT2D eigenvalue weighted by Gasteiger charge is 2.11. The molecule has 0 saturated carbocycles. The molecule has 0 bridgehead atoms. The van der Waals surface area contributed by atoms with Crippen molar-refractivity contribution >= 4 is 23.0 Å². The van der Waals surface area contributed by atoms with Crippen molar-refractivity contribution in [2.75, 3.05) is 17.7 Å². The molecule has 1 heterocycles. The molecule has 1 amide bonds. The summed E-state index contributed by atoms with van der Waals surface area (Å²) < 4.78 is 5.23. The molecule has 5 nitrogen and oxygen atoms in total. The van der Waals surface area contributed by atoms with Gasteiger partial charge in [0.1, 0.15) is 5.75 Å². The van der Waals surface area contributed by atoms with E-state index in [1.165, 1.54) is 5.56 Å². The Bertz CT molecular complexity index is 960. The minimum atomic E-state index is -0.188. The van der Waals surface area contributed by atoms with Crippen molar-refractivity contribution in [1.29, 1.82) is 0 Å². The van der Waals surface area contributed by atoms with Gasteiger partial charge in [0, 0.05) is 23.6 Å². The number of methoxy groups -OCH3 is 1. The Morgan fingerprint density at radius 3 is 2.41 bits per heavy atom. The van der Waals surface area contributed by atoms with Gasteiger partial charge in [0.25, 0.3) is 5.91 Å². The largest absolute Gasteiger partial charge is 0.497 e. The number of anilines is 3. The highest BCUT2D eigenvalue weighted by atomic mass is 16.5. The Balaban J connectivity index is 1.80. The van der Waals surface area contributed by atoms with Crippen molar-refractivity contribution in [3.8, 4) is 5.75 Å². The van der Waals surface area contributed by atoms with E-state index in [0.717, 1.165) is 33.9 Å². The van der Waals surface area contributed by atoms with Crippen molar-refractivity contribution in [1.82, 2.24) is 4.98 Å². The molecule has 5 heteroatoms. The number of aryl methyl sites for hydroxylation is 3. The van der Waals surface area contributed by atoms with Crippen LogP contribution in [-0.4, -0.2) is 18.0 Å². The Kier molecular flexibility index (Phi) is 5.41. The zero-order chi connectivity index (χ0) is 19.4. The van der Waals surface area contributed by atoms with Gasteiger partial charge in [-0.3, -0.25) is 9.78 Å². The third-order valence-electron chi connectivity index (χ3n) is 4.27. The van der Waals surface area contributed by atoms with Crippen molar-refractivity contribution in [3.05, 3.63) is 77.1 Å². The van der Waals surface area contributed by atoms with Crippen molar-refractivity contribution in [2.45, 2.75) is 20.8 Å². The van der Waals surface area contributed by atoms with Crippen LogP contribution in [0.5, 0.6) is 5.75 Å². The fraction of sp³-hybridized carbons (Fsp3) is 0.182. The van der Waals surface area contributed by atoms with Gasteiger partial charge in [-0.2, -0.15) is 0 Å². The topological polar surface area (TPSA) is 63.2 Å². The number of hydrogen-bond acceptors (Lipinski definition) is 4. The number of benzene rings is 2. The molecule has 1 aromatic heterocycles. The van der Waals surface area contributed by atoms with E-state index in [2.05, 4.69) is 27.8 Å². The van der Waals surface area contributed by atoms with Gasteiger partial charge in [-0.05, 0) is 50.1 Å². The first-order chi connectivity index (χ1) is 13.0. The van der Waals surface area contributed by atoms with Crippen molar-refractivity contribution < 1.29 is 9.53 Å². The van der Waals surface area contributed by atoms with Crippen LogP contribution in [0.1, 0.15) is 27.0 Å². The molecule has 0 saturated heterocycles. The van der Waals surface area contributed by atoms with Gasteiger partial charge < -0.3 is 15.4 Å². The molecule has 0 fully saturated rings. The molecule has 3 aromatic rings. The van der Waals surface area contributed by atoms with E-state index < -0.39 is 0 Å². The number of rotatable bonds is 5. The van der Waals surface area contributed by atoms with Crippen molar-refractivity contribution in [3.63, 3.8) is 0 Å². The summed E-state index contributed by atoms with van der Waals surface area (Å²) in [5, 5.41) is 6.25. The zero-order valence-electron chi connectivity index (χ0n) is 16.0. The summed E-state index contributed by atoms with van der Waals surface area (Å²) in [5.41, 5.74) is 6.18. The molecule has 2 N–H and O–H groups in total. The SMILES string of the molecule is COc1cccc(Nc2cncc(C(=O)Nc3c(C)cc(C)cc3C)c2)c1. The molecule has 0 unspecified atom stereocenters. The minimum absolute atomic E-state index is 0.188. The highest BCUT2D eigenvalue weighted by molar-refractivity contribution is 6.05. The van der Waals surface area contributed by atoms with Gasteiger partial charge in [-0.25, -0.2) is 0 Å². The van der Waals surface area contributed by atoms with E-state index in [4.69, 9.17) is 4.74 Å². The molecule has 0 aliphatic heterocycles. The lowest BCUT2D eigenvalue weighted by molar-refractivity contribution is 0.102. The molecule has 27 heavy (non-hydrogen) atoms. The summed E-state index contributed by atoms with van der Waals surface area (Å²) in [6.07, 6.45) is 3.24. The quantitative estimate of drug-likeness (QED) is 0.670. The number of nitrogens with one attached hydrogen (secondary N) is 2. The Morgan fingerprint density at radius 1 is 0.963 bits per heavy atom. The van der Waals surface area contributed by atoms with Crippen LogP contribution >= 0.6 is 0 Å². The molecule has 0 spiro atoms. The third kappa shape index (κ3) is 4.44. The first-order valence-corrected chi connectivity index (χ1v) is 8.71. The van der Waals surface area contributed by atoms with E-state index in [1.807, 2.05) is 45.0 Å². The second-order valence-electron chi connectivity index (χ2n) is 6.55. The number of carbonyl (C=O) groups excluding carboxylic acids is 1. The number of amides is 1. The van der Waals surface area contributed by atoms with Crippen LogP contribution in [-0.2, 0) is 0 Å². The second kappa shape index (κ2) is 7.91. The van der Waals surface area contributed by atoms with Gasteiger partial charge in [-0.1, -0.05) is 23.8 Å².